The van der Waals surface area contributed by atoms with Crippen molar-refractivity contribution in [3.05, 3.63) is 6.92 Å². The molecule has 1 radical (unpaired) electrons. The van der Waals surface area contributed by atoms with Crippen molar-refractivity contribution >= 4 is 6.09 Å². The lowest BCUT2D eigenvalue weighted by atomic mass is 10.3. The van der Waals surface area contributed by atoms with Gasteiger partial charge in [0, 0.05) is 26.2 Å². The maximum absolute atomic E-state index is 11.1. The summed E-state index contributed by atoms with van der Waals surface area (Å²) < 4.78 is 4.77. The summed E-state index contributed by atoms with van der Waals surface area (Å²) in [5.74, 6) is 0. The zero-order valence-corrected chi connectivity index (χ0v) is 7.45. The van der Waals surface area contributed by atoms with Crippen LogP contribution in [0.4, 0.5) is 4.79 Å². The van der Waals surface area contributed by atoms with Crippen molar-refractivity contribution in [1.82, 2.24) is 9.80 Å². The van der Waals surface area contributed by atoms with E-state index in [4.69, 9.17) is 4.74 Å². The number of piperazine rings is 1. The maximum Gasteiger partial charge on any atom is 0.409 e. The molecular formula is C8H15N2O2. The van der Waals surface area contributed by atoms with Gasteiger partial charge >= 0.3 is 6.09 Å². The zero-order valence-electron chi connectivity index (χ0n) is 7.45. The van der Waals surface area contributed by atoms with Crippen LogP contribution in [0.3, 0.4) is 0 Å². The van der Waals surface area contributed by atoms with E-state index < -0.39 is 0 Å². The van der Waals surface area contributed by atoms with Crippen LogP contribution >= 0.6 is 0 Å². The van der Waals surface area contributed by atoms with Crippen LogP contribution in [0.5, 0.6) is 0 Å². The first-order chi connectivity index (χ1) is 5.74. The fourth-order valence-corrected chi connectivity index (χ4v) is 1.17. The van der Waals surface area contributed by atoms with E-state index in [1.54, 1.807) is 4.90 Å². The lowest BCUT2D eigenvalue weighted by molar-refractivity contribution is 0.0892. The van der Waals surface area contributed by atoms with Crippen molar-refractivity contribution in [2.75, 3.05) is 39.8 Å². The van der Waals surface area contributed by atoms with Crippen LogP contribution in [0.15, 0.2) is 0 Å². The number of likely N-dealkylation sites (N-methyl/N-ethyl adjacent to an activating group) is 1. The fourth-order valence-electron chi connectivity index (χ4n) is 1.17. The second-order valence-electron chi connectivity index (χ2n) is 2.90. The number of hydrogen-bond acceptors (Lipinski definition) is 3. The van der Waals surface area contributed by atoms with Gasteiger partial charge in [-0.25, -0.2) is 4.79 Å². The van der Waals surface area contributed by atoms with Gasteiger partial charge in [-0.3, -0.25) is 0 Å². The number of rotatable bonds is 1. The molecule has 0 N–H and O–H groups in total. The zero-order chi connectivity index (χ0) is 8.97. The van der Waals surface area contributed by atoms with Crippen molar-refractivity contribution in [3.63, 3.8) is 0 Å². The smallest absolute Gasteiger partial charge is 0.409 e. The van der Waals surface area contributed by atoms with Crippen molar-refractivity contribution < 1.29 is 9.53 Å². The Hall–Kier alpha value is -0.770. The van der Waals surface area contributed by atoms with Crippen molar-refractivity contribution in [3.8, 4) is 0 Å². The molecule has 1 fully saturated rings. The Morgan fingerprint density at radius 3 is 2.50 bits per heavy atom. The van der Waals surface area contributed by atoms with Gasteiger partial charge in [0.25, 0.3) is 0 Å². The quantitative estimate of drug-likeness (QED) is 0.565. The van der Waals surface area contributed by atoms with E-state index in [2.05, 4.69) is 11.8 Å². The number of nitrogens with zero attached hydrogens (tertiary/aromatic N) is 2. The molecule has 0 spiro atoms. The van der Waals surface area contributed by atoms with Crippen LogP contribution in [-0.4, -0.2) is 55.7 Å². The van der Waals surface area contributed by atoms with Gasteiger partial charge in [0.1, 0.15) is 0 Å². The minimum atomic E-state index is -0.238. The van der Waals surface area contributed by atoms with Crippen molar-refractivity contribution in [2.45, 2.75) is 0 Å². The topological polar surface area (TPSA) is 32.8 Å². The normalized spacial score (nSPS) is 19.3. The molecule has 0 saturated carbocycles. The minimum Gasteiger partial charge on any atom is -0.449 e. The van der Waals surface area contributed by atoms with E-state index in [1.165, 1.54) is 0 Å². The summed E-state index contributed by atoms with van der Waals surface area (Å²) in [7, 11) is 2.05. The lowest BCUT2D eigenvalue weighted by Gasteiger charge is -2.31. The van der Waals surface area contributed by atoms with Gasteiger partial charge in [-0.15, -0.1) is 0 Å². The highest BCUT2D eigenvalue weighted by Gasteiger charge is 2.19. The summed E-state index contributed by atoms with van der Waals surface area (Å²) in [6.45, 7) is 7.03. The molecule has 0 aliphatic carbocycles. The number of hydrogen-bond donors (Lipinski definition) is 0. The molecule has 0 atom stereocenters. The van der Waals surface area contributed by atoms with Crippen LogP contribution in [0.2, 0.25) is 0 Å². The molecule has 0 aromatic rings. The lowest BCUT2D eigenvalue weighted by Crippen LogP contribution is -2.47. The molecule has 1 amide bonds. The van der Waals surface area contributed by atoms with Gasteiger partial charge in [-0.1, -0.05) is 0 Å². The predicted octanol–water partition coefficient (Wildman–Crippen LogP) is 0.204. The van der Waals surface area contributed by atoms with E-state index in [0.29, 0.717) is 0 Å². The summed E-state index contributed by atoms with van der Waals surface area (Å²) in [5.41, 5.74) is 0. The summed E-state index contributed by atoms with van der Waals surface area (Å²) >= 11 is 0. The monoisotopic (exact) mass is 171 g/mol. The first kappa shape index (κ1) is 9.32. The molecule has 1 aliphatic rings. The van der Waals surface area contributed by atoms with E-state index in [0.717, 1.165) is 26.2 Å². The Morgan fingerprint density at radius 1 is 1.42 bits per heavy atom. The molecule has 0 aromatic heterocycles. The molecular weight excluding hydrogens is 156 g/mol. The molecule has 1 aliphatic heterocycles. The average Bonchev–Trinajstić information content (AvgIpc) is 2.06. The fraction of sp³-hybridized carbons (Fsp3) is 0.750. The Bertz CT molecular complexity index is 153. The van der Waals surface area contributed by atoms with Crippen molar-refractivity contribution in [2.24, 2.45) is 0 Å². The van der Waals surface area contributed by atoms with Crippen LogP contribution in [0.25, 0.3) is 0 Å². The molecule has 4 nitrogen and oxygen atoms in total. The highest BCUT2D eigenvalue weighted by Crippen LogP contribution is 2.00. The van der Waals surface area contributed by atoms with Crippen LogP contribution in [0.1, 0.15) is 0 Å². The second-order valence-corrected chi connectivity index (χ2v) is 2.90. The molecule has 1 saturated heterocycles. The standard InChI is InChI=1S/C8H15N2O2/c1-3-12-8(11)10-6-4-9(2)5-7-10/h1,3-7H2,2H3. The molecule has 69 valence electrons. The SMILES string of the molecule is [CH2]COC(=O)N1CCN(C)CC1. The number of amides is 1. The van der Waals surface area contributed by atoms with Crippen LogP contribution < -0.4 is 0 Å². The molecule has 0 unspecified atom stereocenters. The van der Waals surface area contributed by atoms with E-state index in [1.807, 2.05) is 7.05 Å². The van der Waals surface area contributed by atoms with Gasteiger partial charge in [-0.2, -0.15) is 0 Å². The van der Waals surface area contributed by atoms with Crippen LogP contribution in [-0.2, 0) is 4.74 Å². The first-order valence-corrected chi connectivity index (χ1v) is 4.13. The van der Waals surface area contributed by atoms with Gasteiger partial charge in [0.2, 0.25) is 0 Å². The summed E-state index contributed by atoms with van der Waals surface area (Å²) in [6.07, 6.45) is -0.238. The summed E-state index contributed by atoms with van der Waals surface area (Å²) in [5, 5.41) is 0. The third-order valence-electron chi connectivity index (χ3n) is 1.99. The van der Waals surface area contributed by atoms with E-state index in [-0.39, 0.29) is 12.7 Å². The number of ether oxygens (including phenoxy) is 1. The Labute approximate surface area is 73.1 Å². The number of carbonyl (C=O) groups is 1. The molecule has 0 bridgehead atoms. The van der Waals surface area contributed by atoms with E-state index >= 15 is 0 Å². The Kier molecular flexibility index (Phi) is 3.34. The maximum atomic E-state index is 11.1. The first-order valence-electron chi connectivity index (χ1n) is 4.13. The van der Waals surface area contributed by atoms with Gasteiger partial charge in [0.05, 0.1) is 6.61 Å². The highest BCUT2D eigenvalue weighted by molar-refractivity contribution is 5.67. The molecule has 4 heteroatoms. The highest BCUT2D eigenvalue weighted by atomic mass is 16.6. The van der Waals surface area contributed by atoms with Gasteiger partial charge < -0.3 is 14.5 Å². The number of carbonyl (C=O) groups excluding carboxylic acids is 1. The third-order valence-corrected chi connectivity index (χ3v) is 1.99. The van der Waals surface area contributed by atoms with Crippen LogP contribution in [0, 0.1) is 6.92 Å². The van der Waals surface area contributed by atoms with Gasteiger partial charge in [0.15, 0.2) is 0 Å². The average molecular weight is 171 g/mol. The molecule has 12 heavy (non-hydrogen) atoms. The summed E-state index contributed by atoms with van der Waals surface area (Å²) in [4.78, 5) is 15.1. The minimum absolute atomic E-state index is 0.213. The van der Waals surface area contributed by atoms with E-state index in [9.17, 15) is 4.79 Å². The largest absolute Gasteiger partial charge is 0.449 e. The molecule has 1 heterocycles. The molecule has 0 aromatic carbocycles. The van der Waals surface area contributed by atoms with Crippen molar-refractivity contribution in [1.29, 1.82) is 0 Å². The Morgan fingerprint density at radius 2 is 2.00 bits per heavy atom. The molecule has 1 rings (SSSR count). The van der Waals surface area contributed by atoms with Gasteiger partial charge in [-0.05, 0) is 14.0 Å². The predicted molar refractivity (Wildman–Crippen MR) is 45.8 cm³/mol. The summed E-state index contributed by atoms with van der Waals surface area (Å²) in [6, 6.07) is 0. The Balaban J connectivity index is 2.29. The third kappa shape index (κ3) is 2.37. The second kappa shape index (κ2) is 4.30.